The molecule has 1 N–H and O–H groups in total. The fourth-order valence-corrected chi connectivity index (χ4v) is 1.97. The summed E-state index contributed by atoms with van der Waals surface area (Å²) in [4.78, 5) is 4.38. The molecule has 0 spiro atoms. The number of hydrogen-bond acceptors (Lipinski definition) is 5. The maximum atomic E-state index is 5.33. The molecule has 0 saturated heterocycles. The molecule has 0 aliphatic rings. The summed E-state index contributed by atoms with van der Waals surface area (Å²) in [6.07, 6.45) is 3.59. The highest BCUT2D eigenvalue weighted by Gasteiger charge is 2.11. The van der Waals surface area contributed by atoms with Crippen molar-refractivity contribution in [2.75, 3.05) is 32.7 Å². The van der Waals surface area contributed by atoms with E-state index in [2.05, 4.69) is 35.3 Å². The van der Waals surface area contributed by atoms with Crippen molar-refractivity contribution >= 4 is 11.3 Å². The molecule has 2 heterocycles. The van der Waals surface area contributed by atoms with Gasteiger partial charge in [0.15, 0.2) is 5.82 Å². The van der Waals surface area contributed by atoms with E-state index in [9.17, 15) is 0 Å². The van der Waals surface area contributed by atoms with Crippen LogP contribution in [0.15, 0.2) is 18.5 Å². The summed E-state index contributed by atoms with van der Waals surface area (Å²) < 4.78 is 12.3. The Kier molecular flexibility index (Phi) is 4.92. The fourth-order valence-electron chi connectivity index (χ4n) is 1.97. The van der Waals surface area contributed by atoms with Gasteiger partial charge in [0.05, 0.1) is 18.4 Å². The van der Waals surface area contributed by atoms with Gasteiger partial charge in [-0.3, -0.25) is 0 Å². The number of nitrogens with zero attached hydrogens (tertiary/aromatic N) is 3. The smallest absolute Gasteiger partial charge is 0.152 e. The summed E-state index contributed by atoms with van der Waals surface area (Å²) in [5.41, 5.74) is 2.03. The molecule has 0 aromatic carbocycles. The van der Waals surface area contributed by atoms with Crippen molar-refractivity contribution in [1.82, 2.24) is 14.6 Å². The zero-order valence-corrected chi connectivity index (χ0v) is 12.5. The molecule has 0 amide bonds. The van der Waals surface area contributed by atoms with Crippen molar-refractivity contribution in [3.8, 4) is 0 Å². The molecule has 6 heteroatoms. The van der Waals surface area contributed by atoms with Gasteiger partial charge in [-0.1, -0.05) is 13.8 Å². The van der Waals surface area contributed by atoms with E-state index in [4.69, 9.17) is 9.47 Å². The van der Waals surface area contributed by atoms with E-state index in [1.54, 1.807) is 20.4 Å². The van der Waals surface area contributed by atoms with Crippen LogP contribution in [-0.2, 0) is 9.47 Å². The van der Waals surface area contributed by atoms with Crippen LogP contribution in [0.2, 0.25) is 0 Å². The van der Waals surface area contributed by atoms with E-state index in [1.165, 1.54) is 0 Å². The van der Waals surface area contributed by atoms with Gasteiger partial charge in [-0.15, -0.1) is 0 Å². The van der Waals surface area contributed by atoms with E-state index < -0.39 is 0 Å². The third-order valence-electron chi connectivity index (χ3n) is 3.18. The van der Waals surface area contributed by atoms with Crippen molar-refractivity contribution in [2.45, 2.75) is 25.9 Å². The number of rotatable bonds is 7. The van der Waals surface area contributed by atoms with E-state index in [0.717, 1.165) is 17.0 Å². The van der Waals surface area contributed by atoms with E-state index >= 15 is 0 Å². The van der Waals surface area contributed by atoms with E-state index in [0.29, 0.717) is 19.1 Å². The number of hydrogen-bond donors (Lipinski definition) is 1. The standard InChI is InChI=1S/C14H22N4O2/c1-10(2)12-7-13-14(15-5-6-18(13)17-12)16-8-11(20-4)9-19-3/h5-7,10-11H,8-9H2,1-4H3,(H,15,16). The number of aromatic nitrogens is 3. The molecular formula is C14H22N4O2. The molecule has 1 unspecified atom stereocenters. The summed E-state index contributed by atoms with van der Waals surface area (Å²) in [6.45, 7) is 5.44. The minimum atomic E-state index is -0.00505. The minimum Gasteiger partial charge on any atom is -0.382 e. The van der Waals surface area contributed by atoms with Crippen LogP contribution in [0.1, 0.15) is 25.5 Å². The maximum Gasteiger partial charge on any atom is 0.152 e. The van der Waals surface area contributed by atoms with Crippen LogP contribution < -0.4 is 5.32 Å². The summed E-state index contributed by atoms with van der Waals surface area (Å²) in [6, 6.07) is 2.07. The molecule has 2 rings (SSSR count). The lowest BCUT2D eigenvalue weighted by molar-refractivity contribution is 0.0365. The van der Waals surface area contributed by atoms with E-state index in [-0.39, 0.29) is 6.10 Å². The Morgan fingerprint density at radius 1 is 1.35 bits per heavy atom. The van der Waals surface area contributed by atoms with Crippen LogP contribution in [0.3, 0.4) is 0 Å². The maximum absolute atomic E-state index is 5.33. The third-order valence-corrected chi connectivity index (χ3v) is 3.18. The van der Waals surface area contributed by atoms with Crippen LogP contribution in [0.5, 0.6) is 0 Å². The van der Waals surface area contributed by atoms with Gasteiger partial charge in [-0.2, -0.15) is 5.10 Å². The van der Waals surface area contributed by atoms with Crippen LogP contribution in [0.4, 0.5) is 5.82 Å². The third kappa shape index (κ3) is 3.26. The normalized spacial score (nSPS) is 13.1. The van der Waals surface area contributed by atoms with Gasteiger partial charge in [0.25, 0.3) is 0 Å². The fraction of sp³-hybridized carbons (Fsp3) is 0.571. The molecule has 1 atom stereocenters. The summed E-state index contributed by atoms with van der Waals surface area (Å²) in [5.74, 6) is 1.20. The minimum absolute atomic E-state index is 0.00505. The largest absolute Gasteiger partial charge is 0.382 e. The molecule has 0 aliphatic carbocycles. The number of methoxy groups -OCH3 is 2. The number of fused-ring (bicyclic) bond motifs is 1. The van der Waals surface area contributed by atoms with Crippen LogP contribution >= 0.6 is 0 Å². The van der Waals surface area contributed by atoms with Crippen molar-refractivity contribution in [3.63, 3.8) is 0 Å². The molecule has 0 bridgehead atoms. The first kappa shape index (κ1) is 14.7. The van der Waals surface area contributed by atoms with Gasteiger partial charge in [0.1, 0.15) is 5.52 Å². The highest BCUT2D eigenvalue weighted by molar-refractivity contribution is 5.67. The first-order valence-corrected chi connectivity index (χ1v) is 6.75. The molecular weight excluding hydrogens is 256 g/mol. The van der Waals surface area contributed by atoms with Crippen molar-refractivity contribution in [3.05, 3.63) is 24.2 Å². The van der Waals surface area contributed by atoms with Gasteiger partial charge in [0.2, 0.25) is 0 Å². The predicted octanol–water partition coefficient (Wildman–Crippen LogP) is 1.93. The Bertz CT molecular complexity index is 553. The first-order chi connectivity index (χ1) is 9.65. The lowest BCUT2D eigenvalue weighted by Gasteiger charge is -2.15. The van der Waals surface area contributed by atoms with Gasteiger partial charge in [0, 0.05) is 33.2 Å². The monoisotopic (exact) mass is 278 g/mol. The lowest BCUT2D eigenvalue weighted by Crippen LogP contribution is -2.27. The van der Waals surface area contributed by atoms with Crippen LogP contribution in [0.25, 0.3) is 5.52 Å². The van der Waals surface area contributed by atoms with Gasteiger partial charge in [-0.05, 0) is 12.0 Å². The van der Waals surface area contributed by atoms with Crippen LogP contribution in [-0.4, -0.2) is 48.1 Å². The van der Waals surface area contributed by atoms with Gasteiger partial charge in [-0.25, -0.2) is 9.50 Å². The zero-order valence-electron chi connectivity index (χ0n) is 12.5. The molecule has 2 aromatic heterocycles. The Labute approximate surface area is 119 Å². The predicted molar refractivity (Wildman–Crippen MR) is 78.2 cm³/mol. The molecule has 0 fully saturated rings. The highest BCUT2D eigenvalue weighted by atomic mass is 16.5. The summed E-state index contributed by atoms with van der Waals surface area (Å²) in [5, 5.41) is 7.84. The molecule has 0 aliphatic heterocycles. The molecule has 2 aromatic rings. The second-order valence-electron chi connectivity index (χ2n) is 5.02. The lowest BCUT2D eigenvalue weighted by atomic mass is 10.1. The van der Waals surface area contributed by atoms with Gasteiger partial charge >= 0.3 is 0 Å². The second kappa shape index (κ2) is 6.67. The summed E-state index contributed by atoms with van der Waals surface area (Å²) >= 11 is 0. The molecule has 110 valence electrons. The number of anilines is 1. The quantitative estimate of drug-likeness (QED) is 0.838. The first-order valence-electron chi connectivity index (χ1n) is 6.75. The van der Waals surface area contributed by atoms with Crippen LogP contribution in [0, 0.1) is 0 Å². The second-order valence-corrected chi connectivity index (χ2v) is 5.02. The molecule has 20 heavy (non-hydrogen) atoms. The van der Waals surface area contributed by atoms with Gasteiger partial charge < -0.3 is 14.8 Å². The molecule has 0 radical (unpaired) electrons. The Morgan fingerprint density at radius 2 is 2.15 bits per heavy atom. The Balaban J connectivity index is 2.17. The average molecular weight is 278 g/mol. The summed E-state index contributed by atoms with van der Waals surface area (Å²) in [7, 11) is 3.34. The number of ether oxygens (including phenoxy) is 2. The zero-order chi connectivity index (χ0) is 14.5. The Hall–Kier alpha value is -1.66. The molecule has 0 saturated carbocycles. The number of nitrogens with one attached hydrogen (secondary N) is 1. The highest BCUT2D eigenvalue weighted by Crippen LogP contribution is 2.19. The molecule has 6 nitrogen and oxygen atoms in total. The average Bonchev–Trinajstić information content (AvgIpc) is 2.88. The van der Waals surface area contributed by atoms with E-state index in [1.807, 2.05) is 10.7 Å². The van der Waals surface area contributed by atoms with Crippen molar-refractivity contribution in [1.29, 1.82) is 0 Å². The van der Waals surface area contributed by atoms with Crippen molar-refractivity contribution < 1.29 is 9.47 Å². The van der Waals surface area contributed by atoms with Crippen molar-refractivity contribution in [2.24, 2.45) is 0 Å². The SMILES string of the molecule is COCC(CNc1nccn2nc(C(C)C)cc12)OC. The Morgan fingerprint density at radius 3 is 2.80 bits per heavy atom. The topological polar surface area (TPSA) is 60.7 Å².